The van der Waals surface area contributed by atoms with Gasteiger partial charge < -0.3 is 4.57 Å². The van der Waals surface area contributed by atoms with Gasteiger partial charge in [0.15, 0.2) is 11.0 Å². The number of rotatable bonds is 5. The van der Waals surface area contributed by atoms with Crippen LogP contribution in [0.25, 0.3) is 11.4 Å². The molecule has 0 saturated heterocycles. The number of nitrogens with zero attached hydrogens (tertiary/aromatic N) is 5. The Labute approximate surface area is 197 Å². The molecule has 33 heavy (non-hydrogen) atoms. The number of hydrogen-bond donors (Lipinski definition) is 0. The molecule has 0 aliphatic carbocycles. The molecule has 0 unspecified atom stereocenters. The summed E-state index contributed by atoms with van der Waals surface area (Å²) >= 11 is 2.93. The van der Waals surface area contributed by atoms with Gasteiger partial charge in [0, 0.05) is 34.5 Å². The molecule has 0 atom stereocenters. The summed E-state index contributed by atoms with van der Waals surface area (Å²) in [6.07, 6.45) is 0. The molecule has 2 heterocycles. The molecule has 8 nitrogen and oxygen atoms in total. The van der Waals surface area contributed by atoms with Gasteiger partial charge in [-0.05, 0) is 24.3 Å². The van der Waals surface area contributed by atoms with E-state index in [4.69, 9.17) is 0 Å². The van der Waals surface area contributed by atoms with E-state index in [0.717, 1.165) is 21.2 Å². The van der Waals surface area contributed by atoms with E-state index in [1.54, 1.807) is 40.4 Å². The first-order valence-corrected chi connectivity index (χ1v) is 11.8. The number of carbonyl (C=O) groups is 1. The molecule has 1 aliphatic heterocycles. The lowest BCUT2D eigenvalue weighted by atomic mass is 10.2. The fraction of sp³-hybridized carbons (Fsp3) is 0.0870. The van der Waals surface area contributed by atoms with Crippen LogP contribution in [0.5, 0.6) is 0 Å². The van der Waals surface area contributed by atoms with Gasteiger partial charge in [-0.2, -0.15) is 0 Å². The van der Waals surface area contributed by atoms with Crippen molar-refractivity contribution in [1.82, 2.24) is 14.8 Å². The third-order valence-electron chi connectivity index (χ3n) is 5.16. The second kappa shape index (κ2) is 8.72. The van der Waals surface area contributed by atoms with Crippen molar-refractivity contribution in [3.63, 3.8) is 0 Å². The van der Waals surface area contributed by atoms with Crippen LogP contribution in [0, 0.1) is 10.1 Å². The van der Waals surface area contributed by atoms with E-state index in [1.165, 1.54) is 23.9 Å². The molecule has 1 aliphatic rings. The van der Waals surface area contributed by atoms with E-state index in [1.807, 2.05) is 48.5 Å². The van der Waals surface area contributed by atoms with Crippen LogP contribution in [0.15, 0.2) is 87.7 Å². The number of hydrogen-bond acceptors (Lipinski definition) is 7. The van der Waals surface area contributed by atoms with E-state index < -0.39 is 4.92 Å². The number of fused-ring (bicyclic) bond motifs is 2. The highest BCUT2D eigenvalue weighted by Crippen LogP contribution is 2.48. The van der Waals surface area contributed by atoms with Crippen molar-refractivity contribution < 1.29 is 9.72 Å². The van der Waals surface area contributed by atoms with Gasteiger partial charge in [-0.1, -0.05) is 59.9 Å². The van der Waals surface area contributed by atoms with Gasteiger partial charge in [0.1, 0.15) is 0 Å². The molecular formula is C23H17N5O3S2. The van der Waals surface area contributed by atoms with Crippen molar-refractivity contribution >= 4 is 46.5 Å². The second-order valence-electron chi connectivity index (χ2n) is 7.23. The molecule has 0 spiro atoms. The fourth-order valence-corrected chi connectivity index (χ4v) is 5.43. The van der Waals surface area contributed by atoms with Crippen LogP contribution in [0.4, 0.5) is 17.1 Å². The molecule has 164 valence electrons. The van der Waals surface area contributed by atoms with Crippen LogP contribution in [-0.4, -0.2) is 31.3 Å². The maximum atomic E-state index is 13.4. The molecule has 1 amide bonds. The number of aromatic nitrogens is 3. The third-order valence-corrected chi connectivity index (χ3v) is 7.29. The first-order chi connectivity index (χ1) is 16.0. The van der Waals surface area contributed by atoms with Crippen molar-refractivity contribution in [2.24, 2.45) is 7.05 Å². The number of amides is 1. The normalized spacial score (nSPS) is 12.2. The van der Waals surface area contributed by atoms with E-state index in [-0.39, 0.29) is 17.3 Å². The molecule has 10 heteroatoms. The van der Waals surface area contributed by atoms with Gasteiger partial charge in [-0.3, -0.25) is 19.8 Å². The topological polar surface area (TPSA) is 94.2 Å². The summed E-state index contributed by atoms with van der Waals surface area (Å²) in [6.45, 7) is 0. The van der Waals surface area contributed by atoms with Crippen molar-refractivity contribution in [3.05, 3.63) is 82.9 Å². The zero-order valence-electron chi connectivity index (χ0n) is 17.4. The summed E-state index contributed by atoms with van der Waals surface area (Å²) in [7, 11) is 1.78. The van der Waals surface area contributed by atoms with Gasteiger partial charge in [0.25, 0.3) is 5.69 Å². The molecule has 4 aromatic rings. The predicted octanol–water partition coefficient (Wildman–Crippen LogP) is 5.31. The molecule has 0 saturated carbocycles. The number of nitro groups is 1. The molecule has 1 aromatic heterocycles. The largest absolute Gasteiger partial charge is 0.305 e. The highest BCUT2D eigenvalue weighted by Gasteiger charge is 2.28. The first kappa shape index (κ1) is 21.2. The number of anilines is 2. The summed E-state index contributed by atoms with van der Waals surface area (Å²) in [4.78, 5) is 27.8. The molecule has 0 radical (unpaired) electrons. The summed E-state index contributed by atoms with van der Waals surface area (Å²) in [5.41, 5.74) is 2.30. The summed E-state index contributed by atoms with van der Waals surface area (Å²) < 4.78 is 1.74. The number of para-hydroxylation sites is 2. The monoisotopic (exact) mass is 475 g/mol. The lowest BCUT2D eigenvalue weighted by Crippen LogP contribution is -2.30. The van der Waals surface area contributed by atoms with E-state index in [0.29, 0.717) is 16.5 Å². The van der Waals surface area contributed by atoms with E-state index in [9.17, 15) is 14.9 Å². The molecule has 0 N–H and O–H groups in total. The van der Waals surface area contributed by atoms with Crippen LogP contribution in [0.2, 0.25) is 0 Å². The predicted molar refractivity (Wildman–Crippen MR) is 128 cm³/mol. The van der Waals surface area contributed by atoms with Crippen molar-refractivity contribution in [2.45, 2.75) is 14.9 Å². The minimum atomic E-state index is -0.444. The van der Waals surface area contributed by atoms with Crippen LogP contribution in [0.1, 0.15) is 0 Å². The Balaban J connectivity index is 1.39. The average Bonchev–Trinajstić information content (AvgIpc) is 3.21. The molecule has 3 aromatic carbocycles. The number of thioether (sulfide) groups is 1. The Bertz CT molecular complexity index is 1340. The first-order valence-electron chi connectivity index (χ1n) is 9.99. The summed E-state index contributed by atoms with van der Waals surface area (Å²) in [5.74, 6) is 0.590. The van der Waals surface area contributed by atoms with Crippen molar-refractivity contribution in [2.75, 3.05) is 10.7 Å². The molecule has 0 bridgehead atoms. The maximum absolute atomic E-state index is 13.4. The Morgan fingerprint density at radius 3 is 2.33 bits per heavy atom. The third kappa shape index (κ3) is 3.98. The number of carbonyl (C=O) groups excluding carboxylic acids is 1. The highest BCUT2D eigenvalue weighted by atomic mass is 32.2. The molecular weight excluding hydrogens is 458 g/mol. The van der Waals surface area contributed by atoms with E-state index >= 15 is 0 Å². The Hall–Kier alpha value is -3.63. The van der Waals surface area contributed by atoms with Crippen molar-refractivity contribution in [3.8, 4) is 11.4 Å². The second-order valence-corrected chi connectivity index (χ2v) is 9.25. The Kier molecular flexibility index (Phi) is 5.61. The van der Waals surface area contributed by atoms with Gasteiger partial charge >= 0.3 is 0 Å². The lowest BCUT2D eigenvalue weighted by Gasteiger charge is -2.30. The van der Waals surface area contributed by atoms with Crippen LogP contribution < -0.4 is 4.90 Å². The Morgan fingerprint density at radius 1 is 1.00 bits per heavy atom. The minimum Gasteiger partial charge on any atom is -0.305 e. The quantitative estimate of drug-likeness (QED) is 0.219. The van der Waals surface area contributed by atoms with Crippen LogP contribution in [0.3, 0.4) is 0 Å². The molecule has 5 rings (SSSR count). The number of benzene rings is 3. The highest BCUT2D eigenvalue weighted by molar-refractivity contribution is 8.00. The van der Waals surface area contributed by atoms with Gasteiger partial charge in [-0.15, -0.1) is 10.2 Å². The van der Waals surface area contributed by atoms with Crippen molar-refractivity contribution in [1.29, 1.82) is 0 Å². The number of non-ortho nitro benzene ring substituents is 1. The minimum absolute atomic E-state index is 0.0137. The SMILES string of the molecule is Cn1c(SCC(=O)N2c3ccccc3Sc3ccccc32)nnc1-c1cccc([N+](=O)[O-])c1. The van der Waals surface area contributed by atoms with Gasteiger partial charge in [0.05, 0.1) is 22.1 Å². The van der Waals surface area contributed by atoms with Crippen LogP contribution in [-0.2, 0) is 11.8 Å². The zero-order valence-corrected chi connectivity index (χ0v) is 19.0. The summed E-state index contributed by atoms with van der Waals surface area (Å²) in [6, 6.07) is 21.9. The smallest absolute Gasteiger partial charge is 0.270 e. The van der Waals surface area contributed by atoms with Crippen LogP contribution >= 0.6 is 23.5 Å². The van der Waals surface area contributed by atoms with Gasteiger partial charge in [0.2, 0.25) is 5.91 Å². The standard InChI is InChI=1S/C23H17N5O3S2/c1-26-22(15-7-6-8-16(13-15)28(30)31)24-25-23(26)32-14-21(29)27-17-9-2-4-11-19(17)33-20-12-5-3-10-18(20)27/h2-13H,14H2,1H3. The van der Waals surface area contributed by atoms with E-state index in [2.05, 4.69) is 10.2 Å². The average molecular weight is 476 g/mol. The zero-order chi connectivity index (χ0) is 22.9. The number of nitro benzene ring substituents is 1. The summed E-state index contributed by atoms with van der Waals surface area (Å²) in [5, 5.41) is 20.0. The lowest BCUT2D eigenvalue weighted by molar-refractivity contribution is -0.384. The molecule has 0 fully saturated rings. The Morgan fingerprint density at radius 2 is 1.67 bits per heavy atom. The fourth-order valence-electron chi connectivity index (χ4n) is 3.61. The maximum Gasteiger partial charge on any atom is 0.270 e. The van der Waals surface area contributed by atoms with Gasteiger partial charge in [-0.25, -0.2) is 0 Å².